The molecule has 7 nitrogen and oxygen atoms in total. The molecule has 3 heterocycles. The van der Waals surface area contributed by atoms with Crippen LogP contribution in [0.4, 0.5) is 5.69 Å². The summed E-state index contributed by atoms with van der Waals surface area (Å²) < 4.78 is 7.68. The van der Waals surface area contributed by atoms with Gasteiger partial charge in [-0.05, 0) is 37.1 Å². The topological polar surface area (TPSA) is 85.8 Å². The summed E-state index contributed by atoms with van der Waals surface area (Å²) in [4.78, 5) is 16.3. The average molecular weight is 418 g/mol. The lowest BCUT2D eigenvalue weighted by atomic mass is 9.95. The van der Waals surface area contributed by atoms with Gasteiger partial charge in [-0.1, -0.05) is 42.6 Å². The maximum absolute atomic E-state index is 12.4. The number of amides is 1. The van der Waals surface area contributed by atoms with E-state index < -0.39 is 0 Å². The van der Waals surface area contributed by atoms with E-state index in [9.17, 15) is 4.79 Å². The number of hydrogen-bond acceptors (Lipinski definition) is 6. The fourth-order valence-electron chi connectivity index (χ4n) is 3.41. The third-order valence-corrected chi connectivity index (χ3v) is 5.96. The van der Waals surface area contributed by atoms with Crippen LogP contribution >= 0.6 is 23.4 Å². The van der Waals surface area contributed by atoms with Gasteiger partial charge < -0.3 is 9.73 Å². The summed E-state index contributed by atoms with van der Waals surface area (Å²) in [6.07, 6.45) is 9.00. The Balaban J connectivity index is 1.51. The van der Waals surface area contributed by atoms with Crippen molar-refractivity contribution in [2.24, 2.45) is 0 Å². The minimum absolute atomic E-state index is 0.169. The van der Waals surface area contributed by atoms with Crippen LogP contribution in [0.1, 0.15) is 38.1 Å². The molecular formula is C19H20ClN5O2S. The average Bonchev–Trinajstić information content (AvgIpc) is 3.38. The van der Waals surface area contributed by atoms with Crippen molar-refractivity contribution in [2.45, 2.75) is 43.3 Å². The van der Waals surface area contributed by atoms with Gasteiger partial charge >= 0.3 is 0 Å². The van der Waals surface area contributed by atoms with E-state index in [0.717, 1.165) is 23.8 Å². The first-order valence-electron chi connectivity index (χ1n) is 9.24. The first kappa shape index (κ1) is 19.0. The van der Waals surface area contributed by atoms with Crippen LogP contribution in [0, 0.1) is 0 Å². The van der Waals surface area contributed by atoms with Crippen LogP contribution in [0.3, 0.4) is 0 Å². The number of nitrogens with zero attached hydrogens (tertiary/aromatic N) is 4. The maximum atomic E-state index is 12.4. The number of hydrogen-bond donors (Lipinski definition) is 1. The summed E-state index contributed by atoms with van der Waals surface area (Å²) in [5.41, 5.74) is 0.500. The van der Waals surface area contributed by atoms with Gasteiger partial charge in [-0.3, -0.25) is 9.36 Å². The number of nitrogens with one attached hydrogen (secondary N) is 1. The summed E-state index contributed by atoms with van der Waals surface area (Å²) in [5.74, 6) is 1.44. The van der Waals surface area contributed by atoms with E-state index in [1.807, 2.05) is 12.1 Å². The van der Waals surface area contributed by atoms with E-state index in [-0.39, 0.29) is 16.8 Å². The number of thioether (sulfide) groups is 1. The van der Waals surface area contributed by atoms with E-state index in [1.54, 1.807) is 24.6 Å². The molecule has 146 valence electrons. The van der Waals surface area contributed by atoms with Gasteiger partial charge in [0.25, 0.3) is 0 Å². The second-order valence-electron chi connectivity index (χ2n) is 6.62. The van der Waals surface area contributed by atoms with E-state index in [0.29, 0.717) is 17.5 Å². The standard InChI is InChI=1S/C19H20ClN5O2S/c20-17-14(8-4-10-21-17)22-16(26)12-28-19-24-23-18(15-9-5-11-27-15)25(19)13-6-2-1-3-7-13/h4-5,8-11,13H,1-3,6-7,12H2,(H,22,26). The quantitative estimate of drug-likeness (QED) is 0.457. The zero-order valence-corrected chi connectivity index (χ0v) is 16.7. The molecule has 0 radical (unpaired) electrons. The molecule has 3 aromatic rings. The van der Waals surface area contributed by atoms with Crippen molar-refractivity contribution in [1.29, 1.82) is 0 Å². The van der Waals surface area contributed by atoms with Crippen LogP contribution in [0.15, 0.2) is 46.3 Å². The largest absolute Gasteiger partial charge is 0.461 e. The number of carbonyl (C=O) groups excluding carboxylic acids is 1. The molecule has 0 bridgehead atoms. The first-order chi connectivity index (χ1) is 13.7. The van der Waals surface area contributed by atoms with Crippen LogP contribution in [0.25, 0.3) is 11.6 Å². The Labute approximate surface area is 171 Å². The number of aromatic nitrogens is 4. The van der Waals surface area contributed by atoms with Gasteiger partial charge in [-0.25, -0.2) is 4.98 Å². The molecule has 0 aromatic carbocycles. The second kappa shape index (κ2) is 8.79. The van der Waals surface area contributed by atoms with Crippen LogP contribution in [-0.2, 0) is 4.79 Å². The Morgan fingerprint density at radius 1 is 1.25 bits per heavy atom. The highest BCUT2D eigenvalue weighted by Gasteiger charge is 2.25. The number of anilines is 1. The molecule has 9 heteroatoms. The van der Waals surface area contributed by atoms with Crippen LogP contribution < -0.4 is 5.32 Å². The monoisotopic (exact) mass is 417 g/mol. The molecule has 0 saturated heterocycles. The third kappa shape index (κ3) is 4.23. The lowest BCUT2D eigenvalue weighted by Crippen LogP contribution is -2.17. The van der Waals surface area contributed by atoms with E-state index >= 15 is 0 Å². The predicted octanol–water partition coefficient (Wildman–Crippen LogP) is 4.82. The predicted molar refractivity (Wildman–Crippen MR) is 108 cm³/mol. The molecule has 3 aromatic heterocycles. The normalized spacial score (nSPS) is 14.9. The van der Waals surface area contributed by atoms with Gasteiger partial charge in [-0.2, -0.15) is 0 Å². The van der Waals surface area contributed by atoms with E-state index in [1.165, 1.54) is 31.0 Å². The molecule has 0 spiro atoms. The third-order valence-electron chi connectivity index (χ3n) is 4.71. The first-order valence-corrected chi connectivity index (χ1v) is 10.6. The number of halogens is 1. The minimum Gasteiger partial charge on any atom is -0.461 e. The molecule has 4 rings (SSSR count). The fraction of sp³-hybridized carbons (Fsp3) is 0.368. The molecule has 1 amide bonds. The Bertz CT molecular complexity index is 938. The molecule has 0 aliphatic heterocycles. The highest BCUT2D eigenvalue weighted by Crippen LogP contribution is 2.35. The molecule has 1 N–H and O–H groups in total. The molecule has 1 saturated carbocycles. The summed E-state index contributed by atoms with van der Waals surface area (Å²) in [7, 11) is 0. The van der Waals surface area contributed by atoms with Gasteiger partial charge in [-0.15, -0.1) is 10.2 Å². The van der Waals surface area contributed by atoms with Gasteiger partial charge in [0.2, 0.25) is 11.7 Å². The van der Waals surface area contributed by atoms with E-state index in [2.05, 4.69) is 25.1 Å². The number of furan rings is 1. The van der Waals surface area contributed by atoms with Crippen molar-refractivity contribution in [2.75, 3.05) is 11.1 Å². The van der Waals surface area contributed by atoms with Crippen molar-refractivity contribution in [3.63, 3.8) is 0 Å². The van der Waals surface area contributed by atoms with Crippen LogP contribution in [0.5, 0.6) is 0 Å². The summed E-state index contributed by atoms with van der Waals surface area (Å²) >= 11 is 7.37. The number of pyridine rings is 1. The van der Waals surface area contributed by atoms with Crippen LogP contribution in [-0.4, -0.2) is 31.4 Å². The summed E-state index contributed by atoms with van der Waals surface area (Å²) in [6, 6.07) is 7.49. The van der Waals surface area contributed by atoms with Crippen molar-refractivity contribution >= 4 is 35.0 Å². The Hall–Kier alpha value is -2.32. The lowest BCUT2D eigenvalue weighted by molar-refractivity contribution is -0.113. The number of rotatable bonds is 6. The lowest BCUT2D eigenvalue weighted by Gasteiger charge is -2.25. The molecule has 1 fully saturated rings. The molecule has 1 aliphatic carbocycles. The molecular weight excluding hydrogens is 398 g/mol. The zero-order chi connectivity index (χ0) is 19.3. The van der Waals surface area contributed by atoms with E-state index in [4.69, 9.17) is 16.0 Å². The Morgan fingerprint density at radius 2 is 2.11 bits per heavy atom. The van der Waals surface area contributed by atoms with Gasteiger partial charge in [0, 0.05) is 12.2 Å². The smallest absolute Gasteiger partial charge is 0.234 e. The SMILES string of the molecule is O=C(CSc1nnc(-c2ccco2)n1C1CCCCC1)Nc1cccnc1Cl. The second-order valence-corrected chi connectivity index (χ2v) is 7.92. The minimum atomic E-state index is -0.169. The van der Waals surface area contributed by atoms with Crippen molar-refractivity contribution in [3.05, 3.63) is 41.9 Å². The summed E-state index contributed by atoms with van der Waals surface area (Å²) in [6.45, 7) is 0. The Kier molecular flexibility index (Phi) is 5.97. The van der Waals surface area contributed by atoms with Crippen molar-refractivity contribution in [3.8, 4) is 11.6 Å². The molecule has 0 unspecified atom stereocenters. The fourth-order valence-corrected chi connectivity index (χ4v) is 4.39. The zero-order valence-electron chi connectivity index (χ0n) is 15.2. The van der Waals surface area contributed by atoms with Gasteiger partial charge in [0.15, 0.2) is 16.1 Å². The maximum Gasteiger partial charge on any atom is 0.234 e. The van der Waals surface area contributed by atoms with Crippen molar-refractivity contribution < 1.29 is 9.21 Å². The Morgan fingerprint density at radius 3 is 2.86 bits per heavy atom. The number of carbonyl (C=O) groups is 1. The van der Waals surface area contributed by atoms with Gasteiger partial charge in [0.1, 0.15) is 0 Å². The van der Waals surface area contributed by atoms with Crippen LogP contribution in [0.2, 0.25) is 5.15 Å². The molecule has 28 heavy (non-hydrogen) atoms. The van der Waals surface area contributed by atoms with Gasteiger partial charge in [0.05, 0.1) is 17.7 Å². The highest BCUT2D eigenvalue weighted by atomic mass is 35.5. The van der Waals surface area contributed by atoms with Crippen molar-refractivity contribution in [1.82, 2.24) is 19.7 Å². The summed E-state index contributed by atoms with van der Waals surface area (Å²) in [5, 5.41) is 12.5. The molecule has 0 atom stereocenters. The highest BCUT2D eigenvalue weighted by molar-refractivity contribution is 7.99. The molecule has 1 aliphatic rings.